The summed E-state index contributed by atoms with van der Waals surface area (Å²) in [6, 6.07) is 5.05. The van der Waals surface area contributed by atoms with Crippen molar-refractivity contribution in [1.82, 2.24) is 0 Å². The molecule has 0 bridgehead atoms. The molecule has 0 aliphatic rings. The largest absolute Gasteiger partial charge is 0.494 e. The van der Waals surface area contributed by atoms with E-state index in [1.807, 2.05) is 6.92 Å². The Morgan fingerprint density at radius 3 is 2.58 bits per heavy atom. The summed E-state index contributed by atoms with van der Waals surface area (Å²) in [5.74, 6) is -0.485. The molecule has 0 spiro atoms. The fourth-order valence-electron chi connectivity index (χ4n) is 1.49. The van der Waals surface area contributed by atoms with E-state index in [4.69, 9.17) is 14.6 Å². The first kappa shape index (κ1) is 15.2. The lowest BCUT2D eigenvalue weighted by molar-refractivity contribution is -0.149. The number of aliphatic carboxylic acids is 1. The summed E-state index contributed by atoms with van der Waals surface area (Å²) in [5, 5.41) is 8.77. The van der Waals surface area contributed by atoms with Crippen LogP contribution < -0.4 is 4.74 Å². The van der Waals surface area contributed by atoms with Crippen molar-refractivity contribution in [2.75, 3.05) is 6.61 Å². The zero-order valence-corrected chi connectivity index (χ0v) is 11.3. The number of carboxylic acid groups (broad SMARTS) is 1. The van der Waals surface area contributed by atoms with Gasteiger partial charge in [0.25, 0.3) is 0 Å². The predicted molar refractivity (Wildman–Crippen MR) is 69.5 cm³/mol. The standard InChI is InChI=1S/C14H18O5/c1-4-18-13-6-5-11(9(2)15)7-12(13)8-19-10(3)14(16)17/h5-7,10H,4,8H2,1-3H3,(H,16,17)/t10-/m1/s1. The first-order chi connectivity index (χ1) is 8.95. The number of ketones is 1. The monoisotopic (exact) mass is 266 g/mol. The molecule has 0 aromatic heterocycles. The lowest BCUT2D eigenvalue weighted by atomic mass is 10.1. The van der Waals surface area contributed by atoms with Crippen LogP contribution in [0.15, 0.2) is 18.2 Å². The Morgan fingerprint density at radius 2 is 2.05 bits per heavy atom. The van der Waals surface area contributed by atoms with E-state index in [0.717, 1.165) is 0 Å². The lowest BCUT2D eigenvalue weighted by Gasteiger charge is -2.13. The molecule has 104 valence electrons. The van der Waals surface area contributed by atoms with Gasteiger partial charge >= 0.3 is 5.97 Å². The van der Waals surface area contributed by atoms with Crippen molar-refractivity contribution in [3.63, 3.8) is 0 Å². The maximum absolute atomic E-state index is 11.3. The Kier molecular flexibility index (Phi) is 5.51. The second kappa shape index (κ2) is 6.89. The molecule has 0 aliphatic carbocycles. The highest BCUT2D eigenvalue weighted by Gasteiger charge is 2.14. The summed E-state index contributed by atoms with van der Waals surface area (Å²) in [6.45, 7) is 5.35. The SMILES string of the molecule is CCOc1ccc(C(C)=O)cc1CO[C@H](C)C(=O)O. The van der Waals surface area contributed by atoms with Gasteiger partial charge in [-0.25, -0.2) is 4.79 Å². The molecule has 19 heavy (non-hydrogen) atoms. The van der Waals surface area contributed by atoms with E-state index in [0.29, 0.717) is 23.5 Å². The molecule has 0 aliphatic heterocycles. The average molecular weight is 266 g/mol. The number of carbonyl (C=O) groups is 2. The first-order valence-corrected chi connectivity index (χ1v) is 6.06. The molecular weight excluding hydrogens is 248 g/mol. The van der Waals surface area contributed by atoms with Gasteiger partial charge in [0.05, 0.1) is 13.2 Å². The van der Waals surface area contributed by atoms with Crippen LogP contribution in [0, 0.1) is 0 Å². The van der Waals surface area contributed by atoms with Crippen LogP contribution >= 0.6 is 0 Å². The van der Waals surface area contributed by atoms with Gasteiger partial charge in [-0.2, -0.15) is 0 Å². The van der Waals surface area contributed by atoms with Crippen molar-refractivity contribution in [2.24, 2.45) is 0 Å². The summed E-state index contributed by atoms with van der Waals surface area (Å²) in [6.07, 6.45) is -0.907. The highest BCUT2D eigenvalue weighted by molar-refractivity contribution is 5.94. The van der Waals surface area contributed by atoms with Crippen molar-refractivity contribution < 1.29 is 24.2 Å². The van der Waals surface area contributed by atoms with Gasteiger partial charge in [-0.1, -0.05) is 0 Å². The fourth-order valence-corrected chi connectivity index (χ4v) is 1.49. The zero-order valence-electron chi connectivity index (χ0n) is 11.3. The summed E-state index contributed by atoms with van der Waals surface area (Å²) < 4.78 is 10.6. The van der Waals surface area contributed by atoms with E-state index < -0.39 is 12.1 Å². The molecule has 0 amide bonds. The maximum Gasteiger partial charge on any atom is 0.332 e. The number of hydrogen-bond donors (Lipinski definition) is 1. The van der Waals surface area contributed by atoms with Crippen molar-refractivity contribution in [3.05, 3.63) is 29.3 Å². The number of rotatable bonds is 7. The summed E-state index contributed by atoms with van der Waals surface area (Å²) in [4.78, 5) is 22.0. The molecule has 1 N–H and O–H groups in total. The van der Waals surface area contributed by atoms with Crippen LogP contribution in [-0.4, -0.2) is 29.6 Å². The molecule has 0 heterocycles. The second-order valence-corrected chi connectivity index (χ2v) is 4.10. The van der Waals surface area contributed by atoms with Crippen LogP contribution in [0.4, 0.5) is 0 Å². The van der Waals surface area contributed by atoms with Gasteiger partial charge in [0.2, 0.25) is 0 Å². The Hall–Kier alpha value is -1.88. The first-order valence-electron chi connectivity index (χ1n) is 6.06. The predicted octanol–water partition coefficient (Wildman–Crippen LogP) is 2.28. The summed E-state index contributed by atoms with van der Waals surface area (Å²) in [7, 11) is 0. The molecule has 0 unspecified atom stereocenters. The molecule has 0 fully saturated rings. The third-order valence-corrected chi connectivity index (χ3v) is 2.60. The Morgan fingerprint density at radius 1 is 1.37 bits per heavy atom. The maximum atomic E-state index is 11.3. The molecule has 5 nitrogen and oxygen atoms in total. The van der Waals surface area contributed by atoms with E-state index in [-0.39, 0.29) is 12.4 Å². The average Bonchev–Trinajstić information content (AvgIpc) is 2.37. The highest BCUT2D eigenvalue weighted by atomic mass is 16.5. The molecule has 5 heteroatoms. The quantitative estimate of drug-likeness (QED) is 0.766. The molecule has 0 radical (unpaired) electrons. The lowest BCUT2D eigenvalue weighted by Crippen LogP contribution is -2.19. The van der Waals surface area contributed by atoms with Crippen molar-refractivity contribution in [3.8, 4) is 5.75 Å². The van der Waals surface area contributed by atoms with Crippen LogP contribution in [0.25, 0.3) is 0 Å². The number of Topliss-reactive ketones (excluding diaryl/α,β-unsaturated/α-hetero) is 1. The van der Waals surface area contributed by atoms with E-state index in [2.05, 4.69) is 0 Å². The van der Waals surface area contributed by atoms with Gasteiger partial charge in [-0.05, 0) is 39.0 Å². The van der Waals surface area contributed by atoms with Crippen molar-refractivity contribution in [2.45, 2.75) is 33.5 Å². The van der Waals surface area contributed by atoms with Crippen molar-refractivity contribution >= 4 is 11.8 Å². The van der Waals surface area contributed by atoms with Gasteiger partial charge in [-0.15, -0.1) is 0 Å². The van der Waals surface area contributed by atoms with Crippen LogP contribution in [0.5, 0.6) is 5.75 Å². The number of hydrogen-bond acceptors (Lipinski definition) is 4. The summed E-state index contributed by atoms with van der Waals surface area (Å²) in [5.41, 5.74) is 1.22. The fraction of sp³-hybridized carbons (Fsp3) is 0.429. The topological polar surface area (TPSA) is 72.8 Å². The van der Waals surface area contributed by atoms with Crippen LogP contribution in [0.3, 0.4) is 0 Å². The van der Waals surface area contributed by atoms with E-state index in [9.17, 15) is 9.59 Å². The third kappa shape index (κ3) is 4.37. The molecule has 0 saturated carbocycles. The smallest absolute Gasteiger partial charge is 0.332 e. The molecule has 1 atom stereocenters. The Labute approximate surface area is 112 Å². The number of ether oxygens (including phenoxy) is 2. The molecule has 0 saturated heterocycles. The molecule has 1 aromatic rings. The summed E-state index contributed by atoms with van der Waals surface area (Å²) >= 11 is 0. The van der Waals surface area contributed by atoms with E-state index in [1.165, 1.54) is 13.8 Å². The van der Waals surface area contributed by atoms with Gasteiger partial charge in [0.1, 0.15) is 5.75 Å². The van der Waals surface area contributed by atoms with Gasteiger partial charge in [-0.3, -0.25) is 4.79 Å². The minimum atomic E-state index is -1.03. The molecule has 1 aromatic carbocycles. The second-order valence-electron chi connectivity index (χ2n) is 4.10. The van der Waals surface area contributed by atoms with Crippen LogP contribution in [0.2, 0.25) is 0 Å². The van der Waals surface area contributed by atoms with E-state index in [1.54, 1.807) is 18.2 Å². The van der Waals surface area contributed by atoms with Gasteiger partial charge in [0.15, 0.2) is 11.9 Å². The van der Waals surface area contributed by atoms with Crippen molar-refractivity contribution in [1.29, 1.82) is 0 Å². The minimum absolute atomic E-state index is 0.0596. The third-order valence-electron chi connectivity index (χ3n) is 2.60. The Bertz CT molecular complexity index is 467. The molecule has 1 rings (SSSR count). The number of carboxylic acids is 1. The number of carbonyl (C=O) groups excluding carboxylic acids is 1. The van der Waals surface area contributed by atoms with E-state index >= 15 is 0 Å². The van der Waals surface area contributed by atoms with Gasteiger partial charge in [0, 0.05) is 11.1 Å². The normalized spacial score (nSPS) is 11.9. The molecular formula is C14H18O5. The van der Waals surface area contributed by atoms with Crippen LogP contribution in [0.1, 0.15) is 36.7 Å². The highest BCUT2D eigenvalue weighted by Crippen LogP contribution is 2.22. The zero-order chi connectivity index (χ0) is 14.4. The minimum Gasteiger partial charge on any atom is -0.494 e. The Balaban J connectivity index is 2.90. The van der Waals surface area contributed by atoms with Gasteiger partial charge < -0.3 is 14.6 Å². The number of benzene rings is 1. The van der Waals surface area contributed by atoms with Crippen LogP contribution in [-0.2, 0) is 16.1 Å².